The molecule has 11 nitrogen and oxygen atoms in total. The normalized spacial score (nSPS) is 18.6. The number of carbonyl (C=O) groups is 2. The maximum Gasteiger partial charge on any atom is 0.259 e. The fourth-order valence-corrected chi connectivity index (χ4v) is 6.07. The van der Waals surface area contributed by atoms with E-state index in [-0.39, 0.29) is 42.5 Å². The molecule has 0 unspecified atom stereocenters. The van der Waals surface area contributed by atoms with E-state index in [1.165, 1.54) is 0 Å². The topological polar surface area (TPSA) is 112 Å². The number of carbonyl (C=O) groups excluding carboxylic acids is 2. The Labute approximate surface area is 276 Å². The highest BCUT2D eigenvalue weighted by atomic mass is 16.5. The zero-order valence-electron chi connectivity index (χ0n) is 28.3. The van der Waals surface area contributed by atoms with Gasteiger partial charge in [0.15, 0.2) is 0 Å². The smallest absolute Gasteiger partial charge is 0.259 e. The molecule has 0 saturated carbocycles. The van der Waals surface area contributed by atoms with Crippen molar-refractivity contribution in [2.75, 3.05) is 83.4 Å². The van der Waals surface area contributed by atoms with E-state index in [1.54, 1.807) is 20.4 Å². The van der Waals surface area contributed by atoms with Gasteiger partial charge in [-0.1, -0.05) is 54.2 Å². The van der Waals surface area contributed by atoms with Crippen LogP contribution in [0.25, 0.3) is 0 Å². The predicted molar refractivity (Wildman–Crippen MR) is 185 cm³/mol. The summed E-state index contributed by atoms with van der Waals surface area (Å²) >= 11 is 0. The molecule has 0 spiro atoms. The predicted octanol–water partition coefficient (Wildman–Crippen LogP) is 4.29. The average Bonchev–Trinajstić information content (AvgIpc) is 3.04. The number of benzene rings is 1. The molecule has 2 amide bonds. The van der Waals surface area contributed by atoms with Crippen LogP contribution in [0, 0.1) is 11.8 Å². The molecule has 2 N–H and O–H groups in total. The summed E-state index contributed by atoms with van der Waals surface area (Å²) in [6.45, 7) is 16.3. The summed E-state index contributed by atoms with van der Waals surface area (Å²) in [4.78, 5) is 43.7. The standard InChI is InChI=1S/C34H53N7O4.CH4/c1-24(2)23-41(32(43)27-22-37-33(34(3,4)5)38-30(27)36-13-10-18-44-6)26-19-25(20-35-21-26)31(42)40-16-14-39(15-17-40)28-11-8-9-12-29(28)45-7;/h8-9,11-12,22,24-26,35H,10,13-21,23H2,1-7H3,(H,36,37,38);1H4/t25-,26+;/m1./s1. The van der Waals surface area contributed by atoms with E-state index >= 15 is 0 Å². The maximum absolute atomic E-state index is 14.3. The van der Waals surface area contributed by atoms with Crippen molar-refractivity contribution >= 4 is 23.3 Å². The highest BCUT2D eigenvalue weighted by Crippen LogP contribution is 2.30. The second-order valence-electron chi connectivity index (χ2n) is 13.6. The van der Waals surface area contributed by atoms with Crippen molar-refractivity contribution in [3.63, 3.8) is 0 Å². The number of anilines is 2. The Balaban J connectivity index is 0.00000576. The van der Waals surface area contributed by atoms with Crippen LogP contribution in [-0.2, 0) is 14.9 Å². The van der Waals surface area contributed by atoms with Gasteiger partial charge in [-0.25, -0.2) is 9.97 Å². The number of ether oxygens (including phenoxy) is 2. The second-order valence-corrected chi connectivity index (χ2v) is 13.6. The number of nitrogens with zero attached hydrogens (tertiary/aromatic N) is 5. The summed E-state index contributed by atoms with van der Waals surface area (Å²) in [5.74, 6) is 2.17. The number of para-hydroxylation sites is 2. The molecule has 1 aromatic carbocycles. The Hall–Kier alpha value is -3.44. The van der Waals surface area contributed by atoms with Gasteiger partial charge < -0.3 is 34.8 Å². The van der Waals surface area contributed by atoms with Crippen LogP contribution < -0.4 is 20.3 Å². The quantitative estimate of drug-likeness (QED) is 0.329. The van der Waals surface area contributed by atoms with Crippen LogP contribution >= 0.6 is 0 Å². The first-order valence-electron chi connectivity index (χ1n) is 16.3. The van der Waals surface area contributed by atoms with Gasteiger partial charge in [-0.15, -0.1) is 0 Å². The minimum Gasteiger partial charge on any atom is -0.495 e. The largest absolute Gasteiger partial charge is 0.495 e. The number of aromatic nitrogens is 2. The van der Waals surface area contributed by atoms with Crippen molar-refractivity contribution < 1.29 is 19.1 Å². The number of rotatable bonds is 12. The lowest BCUT2D eigenvalue weighted by atomic mass is 9.92. The van der Waals surface area contributed by atoms with E-state index in [0.29, 0.717) is 69.5 Å². The SMILES string of the molecule is C.COCCCNc1nc(C(C)(C)C)ncc1C(=O)N(CC(C)C)[C@@H]1CNC[C@H](C(=O)N2CCN(c3ccccc3OC)CC2)C1. The van der Waals surface area contributed by atoms with E-state index in [0.717, 1.165) is 30.9 Å². The molecular formula is C35H57N7O4. The molecule has 2 aliphatic heterocycles. The van der Waals surface area contributed by atoms with Crippen LogP contribution in [0.5, 0.6) is 5.75 Å². The van der Waals surface area contributed by atoms with Crippen LogP contribution in [-0.4, -0.2) is 111 Å². The van der Waals surface area contributed by atoms with Gasteiger partial charge in [0.1, 0.15) is 23.0 Å². The minimum absolute atomic E-state index is 0. The molecule has 11 heteroatoms. The molecular weight excluding hydrogens is 582 g/mol. The molecule has 2 saturated heterocycles. The van der Waals surface area contributed by atoms with E-state index in [9.17, 15) is 9.59 Å². The molecule has 0 radical (unpaired) electrons. The minimum atomic E-state index is -0.262. The summed E-state index contributed by atoms with van der Waals surface area (Å²) < 4.78 is 10.8. The lowest BCUT2D eigenvalue weighted by molar-refractivity contribution is -0.137. The van der Waals surface area contributed by atoms with Crippen LogP contribution in [0.1, 0.15) is 71.1 Å². The van der Waals surface area contributed by atoms with Gasteiger partial charge in [0.25, 0.3) is 5.91 Å². The van der Waals surface area contributed by atoms with Crippen molar-refractivity contribution in [1.82, 2.24) is 25.1 Å². The monoisotopic (exact) mass is 639 g/mol. The number of piperidine rings is 1. The van der Waals surface area contributed by atoms with Crippen molar-refractivity contribution in [2.45, 2.75) is 66.3 Å². The molecule has 2 atom stereocenters. The van der Waals surface area contributed by atoms with E-state index < -0.39 is 0 Å². The Morgan fingerprint density at radius 2 is 1.83 bits per heavy atom. The van der Waals surface area contributed by atoms with Gasteiger partial charge in [-0.3, -0.25) is 9.59 Å². The first kappa shape index (κ1) is 37.0. The first-order valence-corrected chi connectivity index (χ1v) is 16.3. The van der Waals surface area contributed by atoms with Crippen molar-refractivity contribution in [3.8, 4) is 5.75 Å². The molecule has 256 valence electrons. The fourth-order valence-electron chi connectivity index (χ4n) is 6.07. The first-order chi connectivity index (χ1) is 21.5. The average molecular weight is 640 g/mol. The number of methoxy groups -OCH3 is 2. The summed E-state index contributed by atoms with van der Waals surface area (Å²) in [6, 6.07) is 7.89. The van der Waals surface area contributed by atoms with Crippen LogP contribution in [0.3, 0.4) is 0 Å². The highest BCUT2D eigenvalue weighted by molar-refractivity contribution is 5.98. The zero-order chi connectivity index (χ0) is 32.6. The van der Waals surface area contributed by atoms with Gasteiger partial charge in [0.05, 0.1) is 18.7 Å². The lowest BCUT2D eigenvalue weighted by Crippen LogP contribution is -2.57. The Morgan fingerprint density at radius 1 is 1.11 bits per heavy atom. The Kier molecular flexibility index (Phi) is 13.6. The van der Waals surface area contributed by atoms with Gasteiger partial charge in [-0.05, 0) is 30.9 Å². The Bertz CT molecular complexity index is 1270. The number of hydrogen-bond donors (Lipinski definition) is 2. The van der Waals surface area contributed by atoms with Crippen molar-refractivity contribution in [2.24, 2.45) is 11.8 Å². The highest BCUT2D eigenvalue weighted by Gasteiger charge is 2.37. The number of nitrogens with one attached hydrogen (secondary N) is 2. The summed E-state index contributed by atoms with van der Waals surface area (Å²) in [5, 5.41) is 6.86. The molecule has 3 heterocycles. The van der Waals surface area contributed by atoms with Crippen LogP contribution in [0.15, 0.2) is 30.5 Å². The summed E-state index contributed by atoms with van der Waals surface area (Å²) in [6.07, 6.45) is 3.08. The third-order valence-corrected chi connectivity index (χ3v) is 8.46. The molecule has 2 aliphatic rings. The zero-order valence-corrected chi connectivity index (χ0v) is 28.3. The molecule has 2 fully saturated rings. The third kappa shape index (κ3) is 9.31. The van der Waals surface area contributed by atoms with Gasteiger partial charge in [0.2, 0.25) is 5.91 Å². The Morgan fingerprint density at radius 3 is 2.48 bits per heavy atom. The fraction of sp³-hybridized carbons (Fsp3) is 0.657. The third-order valence-electron chi connectivity index (χ3n) is 8.46. The van der Waals surface area contributed by atoms with Gasteiger partial charge >= 0.3 is 0 Å². The number of piperazine rings is 1. The van der Waals surface area contributed by atoms with E-state index in [1.807, 2.05) is 28.0 Å². The van der Waals surface area contributed by atoms with Crippen molar-refractivity contribution in [3.05, 3.63) is 41.9 Å². The summed E-state index contributed by atoms with van der Waals surface area (Å²) in [7, 11) is 3.37. The molecule has 0 aliphatic carbocycles. The van der Waals surface area contributed by atoms with Gasteiger partial charge in [-0.2, -0.15) is 0 Å². The van der Waals surface area contributed by atoms with Gasteiger partial charge in [0, 0.05) is 83.7 Å². The molecule has 0 bridgehead atoms. The molecule has 1 aromatic heterocycles. The van der Waals surface area contributed by atoms with Crippen molar-refractivity contribution in [1.29, 1.82) is 0 Å². The molecule has 4 rings (SSSR count). The maximum atomic E-state index is 14.3. The van der Waals surface area contributed by atoms with E-state index in [2.05, 4.69) is 61.2 Å². The van der Waals surface area contributed by atoms with Crippen LogP contribution in [0.2, 0.25) is 0 Å². The molecule has 46 heavy (non-hydrogen) atoms. The van der Waals surface area contributed by atoms with Crippen LogP contribution in [0.4, 0.5) is 11.5 Å². The van der Waals surface area contributed by atoms with E-state index in [4.69, 9.17) is 14.5 Å². The number of amides is 2. The molecule has 2 aromatic rings. The summed E-state index contributed by atoms with van der Waals surface area (Å²) in [5.41, 5.74) is 1.25. The second kappa shape index (κ2) is 16.9. The lowest BCUT2D eigenvalue weighted by Gasteiger charge is -2.42. The number of hydrogen-bond acceptors (Lipinski definition) is 9.